The van der Waals surface area contributed by atoms with Crippen LogP contribution in [0.25, 0.3) is 0 Å². The van der Waals surface area contributed by atoms with Gasteiger partial charge in [0.1, 0.15) is 0 Å². The third-order valence-corrected chi connectivity index (χ3v) is 9.09. The van der Waals surface area contributed by atoms with Gasteiger partial charge in [-0.3, -0.25) is 30.7 Å². The molecule has 0 aliphatic carbocycles. The first-order valence-electron chi connectivity index (χ1n) is 7.34. The molecule has 2 aliphatic rings. The van der Waals surface area contributed by atoms with Crippen LogP contribution in [-0.2, 0) is 30.1 Å². The molecule has 172 valence electrons. The van der Waals surface area contributed by atoms with E-state index in [1.54, 1.807) is 0 Å². The van der Waals surface area contributed by atoms with Crippen LogP contribution in [0, 0.1) is 0 Å². The molecule has 10 N–H and O–H groups in total. The van der Waals surface area contributed by atoms with Crippen LogP contribution in [0.5, 0.6) is 0 Å². The summed E-state index contributed by atoms with van der Waals surface area (Å²) in [4.78, 5) is 0. The summed E-state index contributed by atoms with van der Waals surface area (Å²) in [6.45, 7) is 0. The highest BCUT2D eigenvalue weighted by atomic mass is 32.3. The predicted octanol–water partition coefficient (Wildman–Crippen LogP) is -7.44. The van der Waals surface area contributed by atoms with E-state index in [0.29, 0.717) is 0 Å². The lowest BCUT2D eigenvalue weighted by atomic mass is 10.3. The summed E-state index contributed by atoms with van der Waals surface area (Å²) in [5, 5.41) is 28.2. The summed E-state index contributed by atoms with van der Waals surface area (Å²) in [6, 6.07) is 0. The van der Waals surface area contributed by atoms with Gasteiger partial charge in [0.25, 0.3) is 10.3 Å². The number of aliphatic hydroxyl groups is 2. The molecule has 14 nitrogen and oxygen atoms in total. The Morgan fingerprint density at radius 1 is 0.828 bits per heavy atom. The quantitative estimate of drug-likeness (QED) is 0.0856. The maximum atomic E-state index is 11.0. The van der Waals surface area contributed by atoms with Crippen molar-refractivity contribution >= 4 is 63.9 Å². The molecule has 2 heterocycles. The minimum atomic E-state index is -5.17. The molecule has 29 heavy (non-hydrogen) atoms. The average Bonchev–Trinajstić information content (AvgIpc) is 2.81. The zero-order chi connectivity index (χ0) is 23.2. The van der Waals surface area contributed by atoms with E-state index in [4.69, 9.17) is 39.8 Å². The molecule has 19 heteroatoms. The standard InChI is InChI=1S/2C5H10N2O3S2.H2O4S/c2*6-5(7)11-4-2-12(9,10)1-3(4)8;1-5(2,3)4/h2*3-4,8H,1-2H2,(H3,6,7);(H2,1,2,3,4)/t3-,4+;;/m1../s1. The fourth-order valence-electron chi connectivity index (χ4n) is 2.17. The normalized spacial score (nSPS) is 29.7. The number of sulfone groups is 2. The number of amidine groups is 2. The van der Waals surface area contributed by atoms with E-state index in [0.717, 1.165) is 23.5 Å². The number of rotatable bonds is 2. The van der Waals surface area contributed by atoms with Crippen molar-refractivity contribution in [3.05, 3.63) is 0 Å². The van der Waals surface area contributed by atoms with Gasteiger partial charge >= 0.3 is 0 Å². The topological polar surface area (TPSA) is 292 Å². The van der Waals surface area contributed by atoms with Gasteiger partial charge < -0.3 is 19.3 Å². The third kappa shape index (κ3) is 14.0. The van der Waals surface area contributed by atoms with Crippen LogP contribution in [0.15, 0.2) is 0 Å². The van der Waals surface area contributed by atoms with Gasteiger partial charge in [-0.05, 0) is 23.5 Å². The first-order valence-corrected chi connectivity index (χ1v) is 14.1. The minimum absolute atomic E-state index is 0.0449. The molecule has 0 aromatic rings. The molecule has 2 saturated heterocycles. The largest absolute Gasteiger partial charge is 0.759 e. The molecule has 2 fully saturated rings. The molecule has 0 aromatic heterocycles. The lowest BCUT2D eigenvalue weighted by Crippen LogP contribution is -2.45. The van der Waals surface area contributed by atoms with Crippen LogP contribution in [0.2, 0.25) is 0 Å². The molecule has 2 aliphatic heterocycles. The van der Waals surface area contributed by atoms with Gasteiger partial charge in [0.2, 0.25) is 0 Å². The highest BCUT2D eigenvalue weighted by Gasteiger charge is 2.38. The van der Waals surface area contributed by atoms with E-state index in [2.05, 4.69) is 0 Å². The first kappa shape index (κ1) is 28.3. The van der Waals surface area contributed by atoms with Gasteiger partial charge in [-0.15, -0.1) is 0 Å². The van der Waals surface area contributed by atoms with Crippen molar-refractivity contribution in [2.45, 2.75) is 22.7 Å². The molecule has 4 atom stereocenters. The molecule has 0 radical (unpaired) electrons. The molecule has 0 amide bonds. The van der Waals surface area contributed by atoms with Gasteiger partial charge in [-0.25, -0.2) is 16.8 Å². The van der Waals surface area contributed by atoms with Crippen molar-refractivity contribution in [1.29, 1.82) is 0 Å². The van der Waals surface area contributed by atoms with Gasteiger partial charge in [0.05, 0.1) is 45.7 Å². The Kier molecular flexibility index (Phi) is 10.8. The van der Waals surface area contributed by atoms with Crippen molar-refractivity contribution in [2.24, 2.45) is 11.5 Å². The number of aliphatic hydroxyl groups excluding tert-OH is 2. The van der Waals surface area contributed by atoms with Crippen molar-refractivity contribution in [3.63, 3.8) is 0 Å². The van der Waals surface area contributed by atoms with Gasteiger partial charge in [-0.2, -0.15) is 0 Å². The van der Waals surface area contributed by atoms with E-state index < -0.39 is 52.8 Å². The lowest BCUT2D eigenvalue weighted by Gasteiger charge is -2.06. The average molecular weight is 519 g/mol. The molecular weight excluding hydrogens is 496 g/mol. The van der Waals surface area contributed by atoms with Crippen molar-refractivity contribution in [1.82, 2.24) is 0 Å². The van der Waals surface area contributed by atoms with Crippen LogP contribution in [0.1, 0.15) is 0 Å². The van der Waals surface area contributed by atoms with Gasteiger partial charge in [0.15, 0.2) is 19.7 Å². The van der Waals surface area contributed by atoms with Crippen LogP contribution in [0.3, 0.4) is 0 Å². The molecule has 0 bridgehead atoms. The summed E-state index contributed by atoms with van der Waals surface area (Å²) in [5.41, 5.74) is 10.3. The predicted molar refractivity (Wildman–Crippen MR) is 105 cm³/mol. The SMILES string of the molecule is NC(=[NH2+])SC1CS(=O)(=O)CC1O.NC(=[NH2+])S[C@H]1CS(=O)(=O)C[C@H]1O.O=S(=O)([O-])[O-]. The molecule has 0 spiro atoms. The number of hydrogen-bond donors (Lipinski definition) is 6. The fourth-order valence-corrected chi connectivity index (χ4v) is 8.63. The van der Waals surface area contributed by atoms with E-state index >= 15 is 0 Å². The summed E-state index contributed by atoms with van der Waals surface area (Å²) >= 11 is 2.03. The molecule has 2 unspecified atom stereocenters. The highest BCUT2D eigenvalue weighted by Crippen LogP contribution is 2.24. The van der Waals surface area contributed by atoms with E-state index in [1.807, 2.05) is 0 Å². The number of thioether (sulfide) groups is 2. The summed E-state index contributed by atoms with van der Waals surface area (Å²) in [6.07, 6.45) is -1.69. The Labute approximate surface area is 176 Å². The summed E-state index contributed by atoms with van der Waals surface area (Å²) in [5.74, 6) is -0.455. The number of hydrogen-bond acceptors (Lipinski definition) is 12. The molecule has 0 aromatic carbocycles. The Balaban J connectivity index is 0.000000442. The van der Waals surface area contributed by atoms with Crippen molar-refractivity contribution in [3.8, 4) is 0 Å². The van der Waals surface area contributed by atoms with Gasteiger partial charge in [-0.1, -0.05) is 0 Å². The second kappa shape index (κ2) is 11.1. The van der Waals surface area contributed by atoms with Crippen LogP contribution < -0.4 is 22.3 Å². The highest BCUT2D eigenvalue weighted by molar-refractivity contribution is 8.15. The summed E-state index contributed by atoms with van der Waals surface area (Å²) in [7, 11) is -11.3. The van der Waals surface area contributed by atoms with Crippen LogP contribution in [-0.4, -0.2) is 101 Å². The Hall–Kier alpha value is -0.670. The zero-order valence-electron chi connectivity index (χ0n) is 14.6. The Morgan fingerprint density at radius 3 is 1.21 bits per heavy atom. The van der Waals surface area contributed by atoms with Gasteiger partial charge in [0, 0.05) is 10.4 Å². The van der Waals surface area contributed by atoms with Crippen LogP contribution in [0.4, 0.5) is 0 Å². The van der Waals surface area contributed by atoms with Crippen molar-refractivity contribution in [2.75, 3.05) is 23.0 Å². The van der Waals surface area contributed by atoms with Crippen LogP contribution >= 0.6 is 23.5 Å². The third-order valence-electron chi connectivity index (χ3n) is 3.12. The molecule has 0 saturated carbocycles. The maximum absolute atomic E-state index is 11.0. The molecule has 2 rings (SSSR count). The first-order chi connectivity index (χ1) is 12.8. The fraction of sp³-hybridized carbons (Fsp3) is 0.800. The maximum Gasteiger partial charge on any atom is 0.300 e. The number of nitrogens with two attached hydrogens (primary N) is 4. The smallest absolute Gasteiger partial charge is 0.300 e. The monoisotopic (exact) mass is 518 g/mol. The summed E-state index contributed by atoms with van der Waals surface area (Å²) < 4.78 is 78.0. The Morgan fingerprint density at radius 2 is 1.07 bits per heavy atom. The van der Waals surface area contributed by atoms with E-state index in [-0.39, 0.29) is 33.3 Å². The second-order valence-corrected chi connectivity index (χ2v) is 13.6. The zero-order valence-corrected chi connectivity index (χ0v) is 18.7. The lowest BCUT2D eigenvalue weighted by molar-refractivity contribution is -0.110. The second-order valence-electron chi connectivity index (χ2n) is 5.81. The van der Waals surface area contributed by atoms with Crippen molar-refractivity contribution < 1.29 is 55.4 Å². The van der Waals surface area contributed by atoms with E-state index in [1.165, 1.54) is 0 Å². The van der Waals surface area contributed by atoms with E-state index in [9.17, 15) is 27.0 Å². The Bertz CT molecular complexity index is 835. The molecular formula is C10H22N4O10S5. The minimum Gasteiger partial charge on any atom is -0.759 e.